The van der Waals surface area contributed by atoms with Crippen LogP contribution < -0.4 is 5.32 Å². The van der Waals surface area contributed by atoms with Gasteiger partial charge in [0.05, 0.1) is 27.9 Å². The molecule has 2 heterocycles. The molecule has 1 fully saturated rings. The van der Waals surface area contributed by atoms with Crippen LogP contribution in [0, 0.1) is 5.82 Å². The Bertz CT molecular complexity index is 686. The van der Waals surface area contributed by atoms with Gasteiger partial charge in [-0.1, -0.05) is 12.1 Å². The van der Waals surface area contributed by atoms with E-state index in [1.54, 1.807) is 18.2 Å². The SMILES string of the molecule is O=C(NC[C@H](c1ccc(F)cc1)N1CCOCC1)c1ccc(Br)s1. The molecular weight excluding hydrogens is 395 g/mol. The van der Waals surface area contributed by atoms with Crippen molar-refractivity contribution in [2.45, 2.75) is 6.04 Å². The summed E-state index contributed by atoms with van der Waals surface area (Å²) in [6.07, 6.45) is 0. The van der Waals surface area contributed by atoms with Gasteiger partial charge in [0.1, 0.15) is 5.82 Å². The maximum atomic E-state index is 13.2. The van der Waals surface area contributed by atoms with Crippen molar-refractivity contribution in [2.24, 2.45) is 0 Å². The monoisotopic (exact) mass is 412 g/mol. The van der Waals surface area contributed by atoms with E-state index in [0.29, 0.717) is 24.6 Å². The standard InChI is InChI=1S/C17H18BrFN2O2S/c18-16-6-5-15(24-16)17(22)20-11-14(21-7-9-23-10-8-21)12-1-3-13(19)4-2-12/h1-6,14H,7-11H2,(H,20,22)/t14-/m1/s1. The molecule has 0 unspecified atom stereocenters. The highest BCUT2D eigenvalue weighted by Crippen LogP contribution is 2.24. The number of rotatable bonds is 5. The molecule has 0 saturated carbocycles. The first-order valence-electron chi connectivity index (χ1n) is 7.74. The first-order chi connectivity index (χ1) is 11.6. The van der Waals surface area contributed by atoms with E-state index in [0.717, 1.165) is 22.4 Å². The van der Waals surface area contributed by atoms with Gasteiger partial charge >= 0.3 is 0 Å². The third-order valence-corrected chi connectivity index (χ3v) is 5.62. The molecule has 1 saturated heterocycles. The fourth-order valence-electron chi connectivity index (χ4n) is 2.74. The second kappa shape index (κ2) is 8.20. The summed E-state index contributed by atoms with van der Waals surface area (Å²) < 4.78 is 19.6. The Morgan fingerprint density at radius 1 is 1.25 bits per heavy atom. The van der Waals surface area contributed by atoms with E-state index in [9.17, 15) is 9.18 Å². The Hall–Kier alpha value is -1.28. The Morgan fingerprint density at radius 3 is 2.58 bits per heavy atom. The summed E-state index contributed by atoms with van der Waals surface area (Å²) in [5, 5.41) is 3.00. The van der Waals surface area contributed by atoms with Crippen LogP contribution in [0.2, 0.25) is 0 Å². The van der Waals surface area contributed by atoms with Crippen LogP contribution in [0.4, 0.5) is 4.39 Å². The highest BCUT2D eigenvalue weighted by atomic mass is 79.9. The van der Waals surface area contributed by atoms with Crippen LogP contribution in [0.1, 0.15) is 21.3 Å². The highest BCUT2D eigenvalue weighted by Gasteiger charge is 2.23. The first-order valence-corrected chi connectivity index (χ1v) is 9.35. The molecule has 4 nitrogen and oxygen atoms in total. The fourth-order valence-corrected chi connectivity index (χ4v) is 4.05. The summed E-state index contributed by atoms with van der Waals surface area (Å²) in [7, 11) is 0. The van der Waals surface area contributed by atoms with Crippen molar-refractivity contribution >= 4 is 33.2 Å². The molecule has 1 aliphatic heterocycles. The van der Waals surface area contributed by atoms with Crippen LogP contribution in [0.3, 0.4) is 0 Å². The van der Waals surface area contributed by atoms with Crippen molar-refractivity contribution in [2.75, 3.05) is 32.8 Å². The normalized spacial score (nSPS) is 16.8. The van der Waals surface area contributed by atoms with Gasteiger partial charge in [-0.2, -0.15) is 0 Å². The third-order valence-electron chi connectivity index (χ3n) is 3.99. The predicted molar refractivity (Wildman–Crippen MR) is 95.9 cm³/mol. The van der Waals surface area contributed by atoms with Crippen LogP contribution in [-0.2, 0) is 4.74 Å². The summed E-state index contributed by atoms with van der Waals surface area (Å²) in [5.74, 6) is -0.349. The molecule has 1 N–H and O–H groups in total. The number of morpholine rings is 1. The molecule has 0 radical (unpaired) electrons. The van der Waals surface area contributed by atoms with Gasteiger partial charge in [0, 0.05) is 19.6 Å². The number of thiophene rings is 1. The average Bonchev–Trinajstić information content (AvgIpc) is 3.04. The molecule has 0 spiro atoms. The number of nitrogens with one attached hydrogen (secondary N) is 1. The topological polar surface area (TPSA) is 41.6 Å². The predicted octanol–water partition coefficient (Wildman–Crippen LogP) is 3.45. The quantitative estimate of drug-likeness (QED) is 0.817. The molecule has 1 amide bonds. The highest BCUT2D eigenvalue weighted by molar-refractivity contribution is 9.11. The number of halogens is 2. The number of benzene rings is 1. The van der Waals surface area contributed by atoms with Crippen LogP contribution in [0.15, 0.2) is 40.2 Å². The molecule has 24 heavy (non-hydrogen) atoms. The number of hydrogen-bond donors (Lipinski definition) is 1. The number of nitrogens with zero attached hydrogens (tertiary/aromatic N) is 1. The molecular formula is C17H18BrFN2O2S. The van der Waals surface area contributed by atoms with E-state index in [2.05, 4.69) is 26.1 Å². The summed E-state index contributed by atoms with van der Waals surface area (Å²) >= 11 is 4.77. The molecule has 1 atom stereocenters. The maximum Gasteiger partial charge on any atom is 0.261 e. The van der Waals surface area contributed by atoms with E-state index in [1.807, 2.05) is 6.07 Å². The van der Waals surface area contributed by atoms with Gasteiger partial charge in [-0.3, -0.25) is 9.69 Å². The van der Waals surface area contributed by atoms with Crippen LogP contribution in [0.25, 0.3) is 0 Å². The van der Waals surface area contributed by atoms with Crippen LogP contribution >= 0.6 is 27.3 Å². The molecule has 0 aliphatic carbocycles. The van der Waals surface area contributed by atoms with Gasteiger partial charge in [0.25, 0.3) is 5.91 Å². The van der Waals surface area contributed by atoms with Gasteiger partial charge in [-0.05, 0) is 45.8 Å². The van der Waals surface area contributed by atoms with Crippen LogP contribution in [0.5, 0.6) is 0 Å². The lowest BCUT2D eigenvalue weighted by Crippen LogP contribution is -2.43. The van der Waals surface area contributed by atoms with Crippen LogP contribution in [-0.4, -0.2) is 43.7 Å². The number of hydrogen-bond acceptors (Lipinski definition) is 4. The van der Waals surface area contributed by atoms with E-state index < -0.39 is 0 Å². The van der Waals surface area contributed by atoms with E-state index in [1.165, 1.54) is 23.5 Å². The zero-order chi connectivity index (χ0) is 16.9. The average molecular weight is 413 g/mol. The Kier molecular flexibility index (Phi) is 5.99. The van der Waals surface area contributed by atoms with Gasteiger partial charge in [-0.25, -0.2) is 4.39 Å². The second-order valence-electron chi connectivity index (χ2n) is 5.53. The van der Waals surface area contributed by atoms with Gasteiger partial charge in [-0.15, -0.1) is 11.3 Å². The third kappa shape index (κ3) is 4.42. The lowest BCUT2D eigenvalue weighted by atomic mass is 10.0. The minimum Gasteiger partial charge on any atom is -0.379 e. The van der Waals surface area contributed by atoms with E-state index >= 15 is 0 Å². The smallest absolute Gasteiger partial charge is 0.261 e. The molecule has 128 valence electrons. The van der Waals surface area contributed by atoms with Crippen molar-refractivity contribution in [3.05, 3.63) is 56.4 Å². The number of ether oxygens (including phenoxy) is 1. The van der Waals surface area contributed by atoms with Crippen molar-refractivity contribution in [3.8, 4) is 0 Å². The van der Waals surface area contributed by atoms with Gasteiger partial charge < -0.3 is 10.1 Å². The van der Waals surface area contributed by atoms with Crippen molar-refractivity contribution in [1.29, 1.82) is 0 Å². The number of carbonyl (C=O) groups excluding carboxylic acids is 1. The van der Waals surface area contributed by atoms with Crippen molar-refractivity contribution < 1.29 is 13.9 Å². The van der Waals surface area contributed by atoms with Gasteiger partial charge in [0.2, 0.25) is 0 Å². The maximum absolute atomic E-state index is 13.2. The van der Waals surface area contributed by atoms with Crippen molar-refractivity contribution in [3.63, 3.8) is 0 Å². The summed E-state index contributed by atoms with van der Waals surface area (Å²) in [4.78, 5) is 15.2. The Morgan fingerprint density at radius 2 is 1.96 bits per heavy atom. The molecule has 3 rings (SSSR count). The lowest BCUT2D eigenvalue weighted by molar-refractivity contribution is 0.0162. The number of amides is 1. The molecule has 1 aromatic carbocycles. The zero-order valence-corrected chi connectivity index (χ0v) is 15.4. The van der Waals surface area contributed by atoms with E-state index in [4.69, 9.17) is 4.74 Å². The van der Waals surface area contributed by atoms with E-state index in [-0.39, 0.29) is 17.8 Å². The Labute approximate surface area is 152 Å². The minimum atomic E-state index is -0.257. The van der Waals surface area contributed by atoms with Gasteiger partial charge in [0.15, 0.2) is 0 Å². The Balaban J connectivity index is 1.71. The summed E-state index contributed by atoms with van der Waals surface area (Å²) in [6.45, 7) is 3.40. The zero-order valence-electron chi connectivity index (χ0n) is 13.0. The molecule has 1 aromatic heterocycles. The summed E-state index contributed by atoms with van der Waals surface area (Å²) in [6, 6.07) is 10.1. The summed E-state index contributed by atoms with van der Waals surface area (Å²) in [5.41, 5.74) is 0.992. The largest absolute Gasteiger partial charge is 0.379 e. The number of carbonyl (C=O) groups is 1. The molecule has 7 heteroatoms. The van der Waals surface area contributed by atoms with Crippen molar-refractivity contribution in [1.82, 2.24) is 10.2 Å². The lowest BCUT2D eigenvalue weighted by Gasteiger charge is -2.34. The minimum absolute atomic E-state index is 0.00172. The molecule has 2 aromatic rings. The molecule has 1 aliphatic rings. The molecule has 0 bridgehead atoms. The fraction of sp³-hybridized carbons (Fsp3) is 0.353. The first kappa shape index (κ1) is 17.5. The second-order valence-corrected chi connectivity index (χ2v) is 7.99.